The topological polar surface area (TPSA) is 49.3 Å². The Bertz CT molecular complexity index is 690. The fourth-order valence-corrected chi connectivity index (χ4v) is 2.67. The maximum absolute atomic E-state index is 10.8. The SMILES string of the molecule is C/C(=C\CNC(C)C(=O)O)c1ccc(CCCc2ccccc2)cc1. The van der Waals surface area contributed by atoms with Gasteiger partial charge in [-0.05, 0) is 55.4 Å². The van der Waals surface area contributed by atoms with Crippen LogP contribution < -0.4 is 5.32 Å². The third-order valence-corrected chi connectivity index (χ3v) is 4.39. The Morgan fingerprint density at radius 3 is 2.24 bits per heavy atom. The van der Waals surface area contributed by atoms with Crippen LogP contribution in [0.15, 0.2) is 60.7 Å². The lowest BCUT2D eigenvalue weighted by atomic mass is 10.0. The number of carboxylic acid groups (broad SMARTS) is 1. The highest BCUT2D eigenvalue weighted by Gasteiger charge is 2.07. The number of aryl methyl sites for hydroxylation is 2. The van der Waals surface area contributed by atoms with E-state index in [2.05, 4.69) is 66.8 Å². The Morgan fingerprint density at radius 2 is 1.64 bits per heavy atom. The fraction of sp³-hybridized carbons (Fsp3) is 0.318. The summed E-state index contributed by atoms with van der Waals surface area (Å²) in [6, 6.07) is 18.7. The third kappa shape index (κ3) is 6.55. The van der Waals surface area contributed by atoms with Gasteiger partial charge in [-0.2, -0.15) is 0 Å². The first-order chi connectivity index (χ1) is 12.1. The Balaban J connectivity index is 1.81. The molecule has 0 aromatic heterocycles. The average molecular weight is 337 g/mol. The molecule has 0 aliphatic rings. The summed E-state index contributed by atoms with van der Waals surface area (Å²) in [5.41, 5.74) is 5.07. The van der Waals surface area contributed by atoms with Crippen LogP contribution in [0.1, 0.15) is 37.0 Å². The van der Waals surface area contributed by atoms with Crippen molar-refractivity contribution >= 4 is 11.5 Å². The molecule has 3 heteroatoms. The molecule has 0 saturated carbocycles. The molecule has 2 N–H and O–H groups in total. The number of carboxylic acids is 1. The van der Waals surface area contributed by atoms with Gasteiger partial charge < -0.3 is 10.4 Å². The predicted octanol–water partition coefficient (Wildman–Crippen LogP) is 4.33. The molecule has 0 spiro atoms. The van der Waals surface area contributed by atoms with Crippen molar-refractivity contribution in [3.8, 4) is 0 Å². The minimum absolute atomic E-state index is 0.531. The molecule has 132 valence electrons. The van der Waals surface area contributed by atoms with Gasteiger partial charge in [0.2, 0.25) is 0 Å². The van der Waals surface area contributed by atoms with Gasteiger partial charge in [0.15, 0.2) is 0 Å². The Hall–Kier alpha value is -2.39. The van der Waals surface area contributed by atoms with Crippen LogP contribution in [0, 0.1) is 0 Å². The van der Waals surface area contributed by atoms with Crippen LogP contribution >= 0.6 is 0 Å². The summed E-state index contributed by atoms with van der Waals surface area (Å²) in [6.45, 7) is 4.26. The number of carbonyl (C=O) groups is 1. The summed E-state index contributed by atoms with van der Waals surface area (Å²) in [6.07, 6.45) is 5.36. The van der Waals surface area contributed by atoms with Crippen LogP contribution in [-0.4, -0.2) is 23.7 Å². The Kier molecular flexibility index (Phi) is 7.42. The monoisotopic (exact) mass is 337 g/mol. The standard InChI is InChI=1S/C22H27NO2/c1-17(15-16-23-18(2)22(24)25)21-13-11-20(12-14-21)10-6-9-19-7-4-3-5-8-19/h3-5,7-8,11-15,18,23H,6,9-10,16H2,1-2H3,(H,24,25)/b17-15+. The summed E-state index contributed by atoms with van der Waals surface area (Å²) in [4.78, 5) is 10.8. The first kappa shape index (κ1) is 18.9. The van der Waals surface area contributed by atoms with Crippen molar-refractivity contribution < 1.29 is 9.90 Å². The second-order valence-corrected chi connectivity index (χ2v) is 6.39. The molecule has 0 fully saturated rings. The van der Waals surface area contributed by atoms with E-state index in [1.54, 1.807) is 6.92 Å². The van der Waals surface area contributed by atoms with Gasteiger partial charge in [-0.25, -0.2) is 0 Å². The number of nitrogens with one attached hydrogen (secondary N) is 1. The van der Waals surface area contributed by atoms with E-state index in [1.165, 1.54) is 16.7 Å². The number of hydrogen-bond donors (Lipinski definition) is 2. The normalized spacial score (nSPS) is 12.8. The van der Waals surface area contributed by atoms with Crippen molar-refractivity contribution in [2.45, 2.75) is 39.2 Å². The molecule has 2 rings (SSSR count). The van der Waals surface area contributed by atoms with E-state index in [0.717, 1.165) is 24.8 Å². The van der Waals surface area contributed by atoms with Gasteiger partial charge in [-0.3, -0.25) is 4.79 Å². The number of rotatable bonds is 9. The first-order valence-corrected chi connectivity index (χ1v) is 8.82. The molecule has 25 heavy (non-hydrogen) atoms. The fourth-order valence-electron chi connectivity index (χ4n) is 2.67. The zero-order valence-corrected chi connectivity index (χ0v) is 15.0. The molecule has 3 nitrogen and oxygen atoms in total. The first-order valence-electron chi connectivity index (χ1n) is 8.82. The summed E-state index contributed by atoms with van der Waals surface area (Å²) < 4.78 is 0. The van der Waals surface area contributed by atoms with Crippen molar-refractivity contribution in [1.29, 1.82) is 0 Å². The van der Waals surface area contributed by atoms with E-state index in [-0.39, 0.29) is 0 Å². The molecule has 0 bridgehead atoms. The maximum Gasteiger partial charge on any atom is 0.320 e. The van der Waals surface area contributed by atoms with Gasteiger partial charge in [0, 0.05) is 6.54 Å². The minimum atomic E-state index is -0.828. The maximum atomic E-state index is 10.8. The lowest BCUT2D eigenvalue weighted by molar-refractivity contribution is -0.138. The van der Waals surface area contributed by atoms with Crippen LogP contribution in [0.4, 0.5) is 0 Å². The Morgan fingerprint density at radius 1 is 1.04 bits per heavy atom. The quantitative estimate of drug-likeness (QED) is 0.716. The second kappa shape index (κ2) is 9.80. The van der Waals surface area contributed by atoms with Crippen molar-refractivity contribution in [3.63, 3.8) is 0 Å². The number of hydrogen-bond acceptors (Lipinski definition) is 2. The lowest BCUT2D eigenvalue weighted by Crippen LogP contribution is -2.33. The molecule has 0 radical (unpaired) electrons. The molecule has 0 aliphatic heterocycles. The van der Waals surface area contributed by atoms with E-state index < -0.39 is 12.0 Å². The third-order valence-electron chi connectivity index (χ3n) is 4.39. The molecule has 2 aromatic rings. The number of allylic oxidation sites excluding steroid dienone is 1. The van der Waals surface area contributed by atoms with Crippen LogP contribution in [-0.2, 0) is 17.6 Å². The van der Waals surface area contributed by atoms with Crippen molar-refractivity contribution in [2.24, 2.45) is 0 Å². The van der Waals surface area contributed by atoms with Crippen LogP contribution in [0.25, 0.3) is 5.57 Å². The van der Waals surface area contributed by atoms with Gasteiger partial charge in [0.05, 0.1) is 0 Å². The molecule has 2 aromatic carbocycles. The summed E-state index contributed by atoms with van der Waals surface area (Å²) >= 11 is 0. The van der Waals surface area contributed by atoms with E-state index in [9.17, 15) is 4.79 Å². The van der Waals surface area contributed by atoms with Gasteiger partial charge in [0.25, 0.3) is 0 Å². The van der Waals surface area contributed by atoms with E-state index in [4.69, 9.17) is 5.11 Å². The lowest BCUT2D eigenvalue weighted by Gasteiger charge is -2.08. The average Bonchev–Trinajstić information content (AvgIpc) is 2.63. The molecule has 1 atom stereocenters. The van der Waals surface area contributed by atoms with Gasteiger partial charge in [-0.15, -0.1) is 0 Å². The predicted molar refractivity (Wildman–Crippen MR) is 104 cm³/mol. The van der Waals surface area contributed by atoms with E-state index in [1.807, 2.05) is 6.08 Å². The van der Waals surface area contributed by atoms with Crippen LogP contribution in [0.5, 0.6) is 0 Å². The van der Waals surface area contributed by atoms with Crippen LogP contribution in [0.2, 0.25) is 0 Å². The number of aliphatic carboxylic acids is 1. The molecule has 0 amide bonds. The van der Waals surface area contributed by atoms with Crippen molar-refractivity contribution in [1.82, 2.24) is 5.32 Å². The number of benzene rings is 2. The zero-order chi connectivity index (χ0) is 18.1. The van der Waals surface area contributed by atoms with Gasteiger partial charge in [-0.1, -0.05) is 60.7 Å². The van der Waals surface area contributed by atoms with Gasteiger partial charge >= 0.3 is 5.97 Å². The molecule has 0 saturated heterocycles. The van der Waals surface area contributed by atoms with E-state index in [0.29, 0.717) is 6.54 Å². The molecule has 1 unspecified atom stereocenters. The van der Waals surface area contributed by atoms with Crippen LogP contribution in [0.3, 0.4) is 0 Å². The summed E-state index contributed by atoms with van der Waals surface area (Å²) in [5.74, 6) is -0.828. The molecule has 0 aliphatic carbocycles. The molecule has 0 heterocycles. The highest BCUT2D eigenvalue weighted by atomic mass is 16.4. The second-order valence-electron chi connectivity index (χ2n) is 6.39. The Labute approximate surface area is 150 Å². The summed E-state index contributed by atoms with van der Waals surface area (Å²) in [7, 11) is 0. The zero-order valence-electron chi connectivity index (χ0n) is 15.0. The highest BCUT2D eigenvalue weighted by Crippen LogP contribution is 2.16. The molecular formula is C22H27NO2. The molecular weight excluding hydrogens is 310 g/mol. The highest BCUT2D eigenvalue weighted by molar-refractivity contribution is 5.73. The minimum Gasteiger partial charge on any atom is -0.480 e. The largest absolute Gasteiger partial charge is 0.480 e. The van der Waals surface area contributed by atoms with Crippen molar-refractivity contribution in [2.75, 3.05) is 6.54 Å². The van der Waals surface area contributed by atoms with Crippen molar-refractivity contribution in [3.05, 3.63) is 77.4 Å². The van der Waals surface area contributed by atoms with Gasteiger partial charge in [0.1, 0.15) is 6.04 Å². The summed E-state index contributed by atoms with van der Waals surface area (Å²) in [5, 5.41) is 11.8. The van der Waals surface area contributed by atoms with E-state index >= 15 is 0 Å². The smallest absolute Gasteiger partial charge is 0.320 e.